The average Bonchev–Trinajstić information content (AvgIpc) is 2.34. The zero-order valence-corrected chi connectivity index (χ0v) is 6.58. The molecule has 0 radical (unpaired) electrons. The predicted molar refractivity (Wildman–Crippen MR) is 47.2 cm³/mol. The number of nitrogens with two attached hydrogens (primary N) is 1. The highest BCUT2D eigenvalue weighted by molar-refractivity contribution is 6.71. The molecule has 0 saturated heterocycles. The van der Waals surface area contributed by atoms with E-state index in [9.17, 15) is 4.79 Å². The Morgan fingerprint density at radius 3 is 2.83 bits per heavy atom. The van der Waals surface area contributed by atoms with Crippen molar-refractivity contribution in [2.45, 2.75) is 0 Å². The first kappa shape index (κ1) is 8.54. The van der Waals surface area contributed by atoms with Gasteiger partial charge in [-0.25, -0.2) is 9.98 Å². The summed E-state index contributed by atoms with van der Waals surface area (Å²) in [5, 5.41) is 0. The van der Waals surface area contributed by atoms with Gasteiger partial charge in [-0.3, -0.25) is 4.79 Å². The highest BCUT2D eigenvalue weighted by Crippen LogP contribution is 2.01. The van der Waals surface area contributed by atoms with Crippen LogP contribution in [0, 0.1) is 0 Å². The number of amidine groups is 1. The molecule has 1 amide bonds. The van der Waals surface area contributed by atoms with Crippen LogP contribution in [0.25, 0.3) is 0 Å². The number of fused-ring (bicyclic) bond motifs is 1. The van der Waals surface area contributed by atoms with Gasteiger partial charge in [0, 0.05) is 0 Å². The number of aliphatic imine (C=N–C) groups is 4. The van der Waals surface area contributed by atoms with Crippen molar-refractivity contribution in [3.05, 3.63) is 0 Å². The van der Waals surface area contributed by atoms with Gasteiger partial charge in [-0.1, -0.05) is 0 Å². The number of carbonyl (C=O) groups is 1. The van der Waals surface area contributed by atoms with E-state index >= 15 is 0 Å². The second-order valence-electron chi connectivity index (χ2n) is 1.93. The van der Waals surface area contributed by atoms with Crippen LogP contribution in [0.5, 0.6) is 0 Å². The second kappa shape index (κ2) is 2.82. The van der Waals surface area contributed by atoms with Gasteiger partial charge in [-0.15, -0.1) is 12.4 Å². The predicted octanol–water partition coefficient (Wildman–Crippen LogP) is -0.856. The molecule has 2 aliphatic rings. The number of rotatable bonds is 0. The van der Waals surface area contributed by atoms with Crippen molar-refractivity contribution in [2.24, 2.45) is 25.7 Å². The maximum absolute atomic E-state index is 10.9. The Labute approximate surface area is 73.4 Å². The topological polar surface area (TPSA) is 92.5 Å². The van der Waals surface area contributed by atoms with E-state index in [0.717, 1.165) is 0 Å². The normalized spacial score (nSPS) is 19.0. The van der Waals surface area contributed by atoms with Crippen molar-refractivity contribution in [1.29, 1.82) is 0 Å². The molecule has 6 nitrogen and oxygen atoms in total. The number of guanidine groups is 1. The highest BCUT2D eigenvalue weighted by Gasteiger charge is 2.24. The summed E-state index contributed by atoms with van der Waals surface area (Å²) in [6.45, 7) is 0. The molecule has 0 bridgehead atoms. The van der Waals surface area contributed by atoms with Crippen LogP contribution in [0.2, 0.25) is 0 Å². The van der Waals surface area contributed by atoms with E-state index in [1.807, 2.05) is 0 Å². The van der Waals surface area contributed by atoms with Crippen molar-refractivity contribution in [3.8, 4) is 0 Å². The molecule has 2 heterocycles. The number of halogens is 1. The van der Waals surface area contributed by atoms with Crippen LogP contribution in [0.4, 0.5) is 0 Å². The number of carbonyl (C=O) groups excluding carboxylic acids is 1. The van der Waals surface area contributed by atoms with Crippen LogP contribution in [0.15, 0.2) is 20.0 Å². The molecule has 7 heteroatoms. The Balaban J connectivity index is 0.000000720. The monoisotopic (exact) mass is 185 g/mol. The van der Waals surface area contributed by atoms with Gasteiger partial charge in [-0.05, 0) is 0 Å². The van der Waals surface area contributed by atoms with Crippen LogP contribution < -0.4 is 5.73 Å². The summed E-state index contributed by atoms with van der Waals surface area (Å²) in [5.41, 5.74) is 5.36. The van der Waals surface area contributed by atoms with Crippen LogP contribution in [-0.4, -0.2) is 29.8 Å². The molecule has 0 atom stereocenters. The Bertz CT molecular complexity index is 353. The van der Waals surface area contributed by atoms with Gasteiger partial charge in [-0.2, -0.15) is 9.98 Å². The zero-order valence-electron chi connectivity index (χ0n) is 5.76. The van der Waals surface area contributed by atoms with E-state index in [4.69, 9.17) is 5.73 Å². The molecule has 0 spiro atoms. The van der Waals surface area contributed by atoms with Gasteiger partial charge in [0.2, 0.25) is 5.96 Å². The lowest BCUT2D eigenvalue weighted by molar-refractivity contribution is -0.111. The highest BCUT2D eigenvalue weighted by atomic mass is 35.5. The zero-order chi connectivity index (χ0) is 7.84. The fourth-order valence-electron chi connectivity index (χ4n) is 0.783. The van der Waals surface area contributed by atoms with Crippen molar-refractivity contribution in [2.75, 3.05) is 0 Å². The van der Waals surface area contributed by atoms with Crippen molar-refractivity contribution < 1.29 is 4.79 Å². The van der Waals surface area contributed by atoms with E-state index < -0.39 is 5.91 Å². The standard InChI is InChI=1S/C5H3N5O.ClH/c6-5-9-3-2(4(11)10-5)7-1-8-3;/h1H,(H2,6,10,11);1H. The molecule has 2 N–H and O–H groups in total. The molecule has 0 saturated carbocycles. The molecule has 0 aromatic rings. The van der Waals surface area contributed by atoms with Crippen LogP contribution in [-0.2, 0) is 4.79 Å². The van der Waals surface area contributed by atoms with Crippen LogP contribution in [0.3, 0.4) is 0 Å². The summed E-state index contributed by atoms with van der Waals surface area (Å²) in [4.78, 5) is 25.4. The van der Waals surface area contributed by atoms with Crippen LogP contribution >= 0.6 is 12.4 Å². The molecule has 0 aromatic heterocycles. The number of amides is 1. The first-order chi connectivity index (χ1) is 5.27. The van der Waals surface area contributed by atoms with Crippen molar-refractivity contribution >= 4 is 42.2 Å². The molecule has 0 unspecified atom stereocenters. The Hall–Kier alpha value is -1.56. The van der Waals surface area contributed by atoms with Gasteiger partial charge >= 0.3 is 5.91 Å². The SMILES string of the molecule is Cl.NC1=NC(=O)C2=NC=NC2=N1. The summed E-state index contributed by atoms with van der Waals surface area (Å²) in [6, 6.07) is 0. The van der Waals surface area contributed by atoms with Gasteiger partial charge in [0.15, 0.2) is 11.5 Å². The summed E-state index contributed by atoms with van der Waals surface area (Å²) < 4.78 is 0. The van der Waals surface area contributed by atoms with Crippen molar-refractivity contribution in [3.63, 3.8) is 0 Å². The third-order valence-corrected chi connectivity index (χ3v) is 1.22. The first-order valence-corrected chi connectivity index (χ1v) is 2.85. The lowest BCUT2D eigenvalue weighted by Gasteiger charge is -2.01. The minimum absolute atomic E-state index is 0. The maximum Gasteiger partial charge on any atom is 0.302 e. The summed E-state index contributed by atoms with van der Waals surface area (Å²) in [5.74, 6) is -0.296. The van der Waals surface area contributed by atoms with Gasteiger partial charge < -0.3 is 5.73 Å². The molecule has 62 valence electrons. The van der Waals surface area contributed by atoms with Crippen LogP contribution in [0.1, 0.15) is 0 Å². The van der Waals surface area contributed by atoms with E-state index in [1.54, 1.807) is 0 Å². The summed E-state index contributed by atoms with van der Waals surface area (Å²) >= 11 is 0. The largest absolute Gasteiger partial charge is 0.368 e. The Kier molecular flexibility index (Phi) is 2.01. The van der Waals surface area contributed by atoms with E-state index in [1.165, 1.54) is 6.34 Å². The lowest BCUT2D eigenvalue weighted by atomic mass is 10.3. The minimum atomic E-state index is -0.481. The lowest BCUT2D eigenvalue weighted by Crippen LogP contribution is -2.28. The number of hydrogen-bond acceptors (Lipinski definition) is 5. The maximum atomic E-state index is 10.9. The quantitative estimate of drug-likeness (QED) is 0.532. The van der Waals surface area contributed by atoms with Gasteiger partial charge in [0.1, 0.15) is 6.34 Å². The second-order valence-corrected chi connectivity index (χ2v) is 1.93. The van der Waals surface area contributed by atoms with Gasteiger partial charge in [0.05, 0.1) is 0 Å². The van der Waals surface area contributed by atoms with E-state index in [0.29, 0.717) is 0 Å². The average molecular weight is 186 g/mol. The Morgan fingerprint density at radius 2 is 2.08 bits per heavy atom. The van der Waals surface area contributed by atoms with Gasteiger partial charge in [0.25, 0.3) is 0 Å². The molecule has 0 fully saturated rings. The molecule has 0 aromatic carbocycles. The molecule has 2 rings (SSSR count). The number of nitrogens with zero attached hydrogens (tertiary/aromatic N) is 4. The molecule has 2 aliphatic heterocycles. The third kappa shape index (κ3) is 1.12. The van der Waals surface area contributed by atoms with Crippen molar-refractivity contribution in [1.82, 2.24) is 0 Å². The number of hydrogen-bond donors (Lipinski definition) is 1. The summed E-state index contributed by atoms with van der Waals surface area (Å²) in [7, 11) is 0. The first-order valence-electron chi connectivity index (χ1n) is 2.85. The minimum Gasteiger partial charge on any atom is -0.368 e. The summed E-state index contributed by atoms with van der Waals surface area (Å²) in [6.07, 6.45) is 1.25. The fraction of sp³-hybridized carbons (Fsp3) is 0. The molecular formula is C5H4ClN5O. The Morgan fingerprint density at radius 1 is 1.33 bits per heavy atom. The van der Waals surface area contributed by atoms with E-state index in [-0.39, 0.29) is 29.9 Å². The molecule has 12 heavy (non-hydrogen) atoms. The molecule has 0 aliphatic carbocycles. The van der Waals surface area contributed by atoms with E-state index in [2.05, 4.69) is 20.0 Å². The smallest absolute Gasteiger partial charge is 0.302 e. The molecular weight excluding hydrogens is 182 g/mol. The fourth-order valence-corrected chi connectivity index (χ4v) is 0.783. The third-order valence-electron chi connectivity index (χ3n) is 1.22.